The number of benzene rings is 2. The number of carbonyl (C=O) groups is 3. The summed E-state index contributed by atoms with van der Waals surface area (Å²) in [6.45, 7) is 1.73. The molecule has 266 valence electrons. The van der Waals surface area contributed by atoms with Gasteiger partial charge in [-0.2, -0.15) is 11.8 Å². The van der Waals surface area contributed by atoms with Crippen molar-refractivity contribution in [2.45, 2.75) is 112 Å². The van der Waals surface area contributed by atoms with E-state index in [1.165, 1.54) is 36.0 Å². The largest absolute Gasteiger partial charge is 0.378 e. The van der Waals surface area contributed by atoms with Crippen LogP contribution in [-0.4, -0.2) is 85.4 Å². The number of rotatable bonds is 18. The Balaban J connectivity index is 0.786. The second kappa shape index (κ2) is 17.7. The molecule has 2 aromatic carbocycles. The molecule has 11 heteroatoms. The lowest BCUT2D eigenvalue weighted by molar-refractivity contribution is -0.121. The maximum Gasteiger partial charge on any atom is 0.315 e. The van der Waals surface area contributed by atoms with E-state index in [1.54, 1.807) is 0 Å². The standard InChI is InChI=1S/C38H54N6O4S/c39-29-13-15-30(16-14-29)42-32-23-31(32)27-11-9-26(10-12-27)28-5-3-4-25(22-28)8-17-36(46)41-19-21-48-20-18-40-35(45)7-2-1-6-34-37-33(24-49-34)43-38(47)44-37/h3-5,9-12,22,29-34,37,42H,1-2,6-8,13-21,23-24,39H2,(H,40,45)(H,41,46)(H2,43,44,47)/t29-,30-,31-,32+,33-,34-,37-/m0/s1. The van der Waals surface area contributed by atoms with Crippen LogP contribution < -0.4 is 32.3 Å². The van der Waals surface area contributed by atoms with Crippen LogP contribution in [0.15, 0.2) is 48.5 Å². The Morgan fingerprint density at radius 1 is 0.898 bits per heavy atom. The zero-order valence-corrected chi connectivity index (χ0v) is 29.4. The molecule has 2 saturated heterocycles. The Hall–Kier alpha value is -3.12. The molecule has 2 heterocycles. The molecule has 0 bridgehead atoms. The maximum atomic E-state index is 12.4. The number of hydrogen-bond donors (Lipinski definition) is 6. The number of amides is 4. The van der Waals surface area contributed by atoms with Crippen molar-refractivity contribution in [3.05, 3.63) is 59.7 Å². The first-order valence-electron chi connectivity index (χ1n) is 18.4. The fraction of sp³-hybridized carbons (Fsp3) is 0.605. The molecule has 49 heavy (non-hydrogen) atoms. The Morgan fingerprint density at radius 2 is 1.65 bits per heavy atom. The minimum atomic E-state index is -0.0601. The van der Waals surface area contributed by atoms with E-state index in [2.05, 4.69) is 75.1 Å². The first kappa shape index (κ1) is 35.7. The summed E-state index contributed by atoms with van der Waals surface area (Å²) < 4.78 is 5.59. The average molecular weight is 691 g/mol. The van der Waals surface area contributed by atoms with Gasteiger partial charge in [0.05, 0.1) is 25.3 Å². The Labute approximate surface area is 295 Å². The predicted molar refractivity (Wildman–Crippen MR) is 196 cm³/mol. The number of aryl methyl sites for hydroxylation is 1. The normalized spacial score (nSPS) is 27.2. The fourth-order valence-electron chi connectivity index (χ4n) is 7.50. The van der Waals surface area contributed by atoms with Gasteiger partial charge in [0.2, 0.25) is 11.8 Å². The molecule has 2 aliphatic heterocycles. The van der Waals surface area contributed by atoms with Gasteiger partial charge in [-0.15, -0.1) is 0 Å². The molecule has 4 aliphatic rings. The third kappa shape index (κ3) is 10.7. The maximum absolute atomic E-state index is 12.4. The van der Waals surface area contributed by atoms with Crippen molar-refractivity contribution in [1.29, 1.82) is 0 Å². The number of unbranched alkanes of at least 4 members (excludes halogenated alkanes) is 1. The number of carbonyl (C=O) groups excluding carboxylic acids is 3. The SMILES string of the molecule is N[C@H]1CC[C@H](N[C@@H]2C[C@H]2c2ccc(-c3cccc(CCC(=O)NCCOCCNC(=O)CCCC[C@@H]4SC[C@@H]5NC(=O)N[C@@H]54)c3)cc2)CC1. The van der Waals surface area contributed by atoms with Crippen molar-refractivity contribution in [2.75, 3.05) is 32.1 Å². The monoisotopic (exact) mass is 690 g/mol. The van der Waals surface area contributed by atoms with Gasteiger partial charge in [0.15, 0.2) is 0 Å². The van der Waals surface area contributed by atoms with Crippen LogP contribution >= 0.6 is 11.8 Å². The van der Waals surface area contributed by atoms with Crippen LogP contribution in [0.2, 0.25) is 0 Å². The highest BCUT2D eigenvalue weighted by Crippen LogP contribution is 2.42. The minimum Gasteiger partial charge on any atom is -0.378 e. The molecule has 7 N–H and O–H groups in total. The summed E-state index contributed by atoms with van der Waals surface area (Å²) in [5.74, 6) is 1.61. The Morgan fingerprint density at radius 3 is 2.43 bits per heavy atom. The molecule has 6 rings (SSSR count). The summed E-state index contributed by atoms with van der Waals surface area (Å²) in [6.07, 6.45) is 10.3. The van der Waals surface area contributed by atoms with Crippen molar-refractivity contribution >= 4 is 29.6 Å². The molecule has 0 aromatic heterocycles. The smallest absolute Gasteiger partial charge is 0.315 e. The first-order valence-corrected chi connectivity index (χ1v) is 19.5. The quantitative estimate of drug-likeness (QED) is 0.103. The molecule has 4 amide bonds. The lowest BCUT2D eigenvalue weighted by Gasteiger charge is -2.27. The van der Waals surface area contributed by atoms with Gasteiger partial charge in [-0.3, -0.25) is 9.59 Å². The summed E-state index contributed by atoms with van der Waals surface area (Å²) in [5.41, 5.74) is 11.0. The third-order valence-electron chi connectivity index (χ3n) is 10.5. The molecular formula is C38H54N6O4S. The number of ether oxygens (including phenoxy) is 1. The zero-order valence-electron chi connectivity index (χ0n) is 28.6. The van der Waals surface area contributed by atoms with Crippen molar-refractivity contribution in [3.8, 4) is 11.1 Å². The van der Waals surface area contributed by atoms with Crippen LogP contribution in [0.1, 0.15) is 81.3 Å². The molecule has 0 radical (unpaired) electrons. The third-order valence-corrected chi connectivity index (χ3v) is 12.0. The van der Waals surface area contributed by atoms with Crippen molar-refractivity contribution < 1.29 is 19.1 Å². The Bertz CT molecular complexity index is 1400. The average Bonchev–Trinajstić information content (AvgIpc) is 3.63. The summed E-state index contributed by atoms with van der Waals surface area (Å²) in [4.78, 5) is 36.1. The first-order chi connectivity index (χ1) is 23.9. The highest BCUT2D eigenvalue weighted by molar-refractivity contribution is 8.00. The van der Waals surface area contributed by atoms with E-state index in [1.807, 2.05) is 11.8 Å². The predicted octanol–water partition coefficient (Wildman–Crippen LogP) is 3.98. The van der Waals surface area contributed by atoms with Gasteiger partial charge in [-0.05, 0) is 73.6 Å². The van der Waals surface area contributed by atoms with Gasteiger partial charge in [0.1, 0.15) is 0 Å². The number of fused-ring (bicyclic) bond motifs is 1. The second-order valence-electron chi connectivity index (χ2n) is 14.2. The van der Waals surface area contributed by atoms with Gasteiger partial charge in [0, 0.05) is 61.0 Å². The van der Waals surface area contributed by atoms with E-state index >= 15 is 0 Å². The van der Waals surface area contributed by atoms with Crippen molar-refractivity contribution in [1.82, 2.24) is 26.6 Å². The van der Waals surface area contributed by atoms with E-state index in [0.29, 0.717) is 74.9 Å². The van der Waals surface area contributed by atoms with E-state index in [-0.39, 0.29) is 29.9 Å². The van der Waals surface area contributed by atoms with Crippen LogP contribution in [0.3, 0.4) is 0 Å². The molecule has 0 unspecified atom stereocenters. The lowest BCUT2D eigenvalue weighted by atomic mass is 9.91. The van der Waals surface area contributed by atoms with E-state index in [0.717, 1.165) is 43.4 Å². The molecule has 4 fully saturated rings. The molecule has 2 saturated carbocycles. The van der Waals surface area contributed by atoms with E-state index in [9.17, 15) is 14.4 Å². The van der Waals surface area contributed by atoms with E-state index in [4.69, 9.17) is 10.5 Å². The molecule has 2 aliphatic carbocycles. The molecule has 5 atom stereocenters. The van der Waals surface area contributed by atoms with E-state index < -0.39 is 0 Å². The van der Waals surface area contributed by atoms with Crippen LogP contribution in [-0.2, 0) is 20.7 Å². The topological polar surface area (TPSA) is 147 Å². The highest BCUT2D eigenvalue weighted by Gasteiger charge is 2.42. The van der Waals surface area contributed by atoms with Crippen LogP contribution in [0.5, 0.6) is 0 Å². The van der Waals surface area contributed by atoms with Crippen LogP contribution in [0.25, 0.3) is 11.1 Å². The van der Waals surface area contributed by atoms with Gasteiger partial charge in [-0.1, -0.05) is 55.0 Å². The van der Waals surface area contributed by atoms with Crippen molar-refractivity contribution in [2.24, 2.45) is 5.73 Å². The van der Waals surface area contributed by atoms with Crippen molar-refractivity contribution in [3.63, 3.8) is 0 Å². The number of nitrogens with one attached hydrogen (secondary N) is 5. The number of thioether (sulfide) groups is 1. The van der Waals surface area contributed by atoms with Gasteiger partial charge >= 0.3 is 6.03 Å². The summed E-state index contributed by atoms with van der Waals surface area (Å²) >= 11 is 1.90. The number of urea groups is 1. The molecule has 0 spiro atoms. The van der Waals surface area contributed by atoms with Gasteiger partial charge in [-0.25, -0.2) is 4.79 Å². The lowest BCUT2D eigenvalue weighted by Crippen LogP contribution is -2.38. The summed E-state index contributed by atoms with van der Waals surface area (Å²) in [6, 6.07) is 19.5. The zero-order chi connectivity index (χ0) is 34.0. The van der Waals surface area contributed by atoms with Crippen LogP contribution in [0, 0.1) is 0 Å². The number of nitrogens with two attached hydrogens (primary N) is 1. The van der Waals surface area contributed by atoms with Crippen LogP contribution in [0.4, 0.5) is 4.79 Å². The molecule has 2 aromatic rings. The summed E-state index contributed by atoms with van der Waals surface area (Å²) in [5, 5.41) is 16.1. The van der Waals surface area contributed by atoms with Gasteiger partial charge in [0.25, 0.3) is 0 Å². The Kier molecular flexibility index (Phi) is 12.9. The second-order valence-corrected chi connectivity index (χ2v) is 15.5. The molecule has 10 nitrogen and oxygen atoms in total. The highest BCUT2D eigenvalue weighted by atomic mass is 32.2. The number of hydrogen-bond acceptors (Lipinski definition) is 7. The van der Waals surface area contributed by atoms with Gasteiger partial charge < -0.3 is 37.1 Å². The summed E-state index contributed by atoms with van der Waals surface area (Å²) in [7, 11) is 0. The molecular weight excluding hydrogens is 637 g/mol. The fourth-order valence-corrected chi connectivity index (χ4v) is 9.04. The minimum absolute atomic E-state index is 0.00780.